The van der Waals surface area contributed by atoms with Gasteiger partial charge in [0.15, 0.2) is 0 Å². The number of likely N-dealkylation sites (tertiary alicyclic amines) is 1. The van der Waals surface area contributed by atoms with Crippen molar-refractivity contribution in [3.05, 3.63) is 35.4 Å². The number of aryl methyl sites for hydroxylation is 1. The lowest BCUT2D eigenvalue weighted by molar-refractivity contribution is -0.147. The van der Waals surface area contributed by atoms with E-state index in [9.17, 15) is 14.4 Å². The average Bonchev–Trinajstić information content (AvgIpc) is 2.53. The molecular weight excluding hydrogens is 282 g/mol. The molecule has 0 radical (unpaired) electrons. The molecule has 6 heteroatoms. The van der Waals surface area contributed by atoms with Crippen molar-refractivity contribution in [2.45, 2.75) is 26.3 Å². The van der Waals surface area contributed by atoms with Crippen molar-refractivity contribution in [3.63, 3.8) is 0 Å². The number of carbonyl (C=O) groups excluding carboxylic acids is 3. The molecule has 3 N–H and O–H groups in total. The maximum absolute atomic E-state index is 12.0. The molecule has 2 rings (SSSR count). The highest BCUT2D eigenvalue weighted by Crippen LogP contribution is 2.16. The summed E-state index contributed by atoms with van der Waals surface area (Å²) in [5, 5.41) is 2.63. The summed E-state index contributed by atoms with van der Waals surface area (Å²) in [7, 11) is 0. The molecular formula is C16H21N3O3. The highest BCUT2D eigenvalue weighted by atomic mass is 16.2. The Morgan fingerprint density at radius 1 is 1.18 bits per heavy atom. The van der Waals surface area contributed by atoms with Crippen molar-refractivity contribution in [3.8, 4) is 0 Å². The Bertz CT molecular complexity index is 561. The van der Waals surface area contributed by atoms with Crippen LogP contribution in [0.25, 0.3) is 0 Å². The Kier molecular flexibility index (Phi) is 5.14. The van der Waals surface area contributed by atoms with E-state index >= 15 is 0 Å². The van der Waals surface area contributed by atoms with E-state index in [1.54, 1.807) is 0 Å². The van der Waals surface area contributed by atoms with E-state index in [1.807, 2.05) is 31.2 Å². The number of nitrogens with one attached hydrogen (secondary N) is 1. The van der Waals surface area contributed by atoms with Crippen LogP contribution in [0, 0.1) is 12.8 Å². The summed E-state index contributed by atoms with van der Waals surface area (Å²) in [6, 6.07) is 7.74. The van der Waals surface area contributed by atoms with Gasteiger partial charge in [0, 0.05) is 25.6 Å². The molecule has 1 saturated heterocycles. The molecule has 0 atom stereocenters. The van der Waals surface area contributed by atoms with Crippen LogP contribution in [0.15, 0.2) is 24.3 Å². The Labute approximate surface area is 129 Å². The maximum atomic E-state index is 12.0. The van der Waals surface area contributed by atoms with Crippen molar-refractivity contribution in [1.82, 2.24) is 10.2 Å². The Balaban J connectivity index is 1.81. The lowest BCUT2D eigenvalue weighted by Crippen LogP contribution is -2.47. The second-order valence-corrected chi connectivity index (χ2v) is 5.64. The average molecular weight is 303 g/mol. The third-order valence-corrected chi connectivity index (χ3v) is 3.95. The highest BCUT2D eigenvalue weighted by molar-refractivity contribution is 6.35. The zero-order chi connectivity index (χ0) is 16.1. The summed E-state index contributed by atoms with van der Waals surface area (Å²) in [4.78, 5) is 36.5. The largest absolute Gasteiger partial charge is 0.369 e. The number of nitrogens with two attached hydrogens (primary N) is 1. The Hall–Kier alpha value is -2.37. The van der Waals surface area contributed by atoms with Crippen molar-refractivity contribution in [2.75, 3.05) is 13.1 Å². The van der Waals surface area contributed by atoms with Crippen molar-refractivity contribution in [1.29, 1.82) is 0 Å². The molecule has 1 aliphatic heterocycles. The minimum absolute atomic E-state index is 0.195. The number of piperidine rings is 1. The third-order valence-electron chi connectivity index (χ3n) is 3.95. The molecule has 0 aliphatic carbocycles. The number of amides is 3. The molecule has 0 spiro atoms. The Morgan fingerprint density at radius 2 is 1.77 bits per heavy atom. The molecule has 118 valence electrons. The van der Waals surface area contributed by atoms with Gasteiger partial charge in [-0.25, -0.2) is 0 Å². The second kappa shape index (κ2) is 7.06. The van der Waals surface area contributed by atoms with E-state index in [1.165, 1.54) is 4.90 Å². The molecule has 1 aromatic rings. The fourth-order valence-electron chi connectivity index (χ4n) is 2.47. The van der Waals surface area contributed by atoms with Crippen LogP contribution in [0.2, 0.25) is 0 Å². The first-order valence-corrected chi connectivity index (χ1v) is 7.39. The van der Waals surface area contributed by atoms with Gasteiger partial charge < -0.3 is 16.0 Å². The summed E-state index contributed by atoms with van der Waals surface area (Å²) in [5.41, 5.74) is 7.34. The van der Waals surface area contributed by atoms with E-state index < -0.39 is 11.8 Å². The van der Waals surface area contributed by atoms with Gasteiger partial charge in [-0.1, -0.05) is 29.8 Å². The number of benzene rings is 1. The predicted octanol–water partition coefficient (Wildman–Crippen LogP) is 0.335. The fraction of sp³-hybridized carbons (Fsp3) is 0.438. The number of rotatable bonds is 3. The van der Waals surface area contributed by atoms with E-state index in [2.05, 4.69) is 5.32 Å². The summed E-state index contributed by atoms with van der Waals surface area (Å²) < 4.78 is 0. The predicted molar refractivity (Wildman–Crippen MR) is 81.5 cm³/mol. The number of hydrogen-bond acceptors (Lipinski definition) is 3. The van der Waals surface area contributed by atoms with Crippen molar-refractivity contribution >= 4 is 17.7 Å². The first-order valence-electron chi connectivity index (χ1n) is 7.39. The summed E-state index contributed by atoms with van der Waals surface area (Å²) in [6.07, 6.45) is 1.04. The molecule has 1 heterocycles. The standard InChI is InChI=1S/C16H21N3O3/c1-11-2-4-12(5-3-11)10-18-15(21)16(22)19-8-6-13(7-9-19)14(17)20/h2-5,13H,6-10H2,1H3,(H2,17,20)(H,18,21). The van der Waals surface area contributed by atoms with Crippen LogP contribution in [0.3, 0.4) is 0 Å². The lowest BCUT2D eigenvalue weighted by Gasteiger charge is -2.29. The van der Waals surface area contributed by atoms with E-state index in [0.29, 0.717) is 32.5 Å². The van der Waals surface area contributed by atoms with Gasteiger partial charge in [-0.3, -0.25) is 14.4 Å². The molecule has 1 aromatic carbocycles. The van der Waals surface area contributed by atoms with Crippen LogP contribution in [0.1, 0.15) is 24.0 Å². The molecule has 22 heavy (non-hydrogen) atoms. The zero-order valence-electron chi connectivity index (χ0n) is 12.7. The van der Waals surface area contributed by atoms with Gasteiger partial charge in [-0.2, -0.15) is 0 Å². The van der Waals surface area contributed by atoms with Gasteiger partial charge >= 0.3 is 11.8 Å². The molecule has 6 nitrogen and oxygen atoms in total. The van der Waals surface area contributed by atoms with Crippen LogP contribution in [-0.2, 0) is 20.9 Å². The van der Waals surface area contributed by atoms with Crippen LogP contribution < -0.4 is 11.1 Å². The van der Waals surface area contributed by atoms with Crippen molar-refractivity contribution < 1.29 is 14.4 Å². The van der Waals surface area contributed by atoms with Crippen LogP contribution in [-0.4, -0.2) is 35.7 Å². The SMILES string of the molecule is Cc1ccc(CNC(=O)C(=O)N2CCC(C(N)=O)CC2)cc1. The van der Waals surface area contributed by atoms with Gasteiger partial charge in [-0.05, 0) is 25.3 Å². The first kappa shape index (κ1) is 16.0. The minimum Gasteiger partial charge on any atom is -0.369 e. The van der Waals surface area contributed by atoms with E-state index in [-0.39, 0.29) is 11.8 Å². The third kappa shape index (κ3) is 4.07. The number of carbonyl (C=O) groups is 3. The maximum Gasteiger partial charge on any atom is 0.311 e. The molecule has 0 unspecified atom stereocenters. The van der Waals surface area contributed by atoms with Crippen LogP contribution in [0.5, 0.6) is 0 Å². The summed E-state index contributed by atoms with van der Waals surface area (Å²) >= 11 is 0. The number of nitrogens with zero attached hydrogens (tertiary/aromatic N) is 1. The normalized spacial score (nSPS) is 15.4. The zero-order valence-corrected chi connectivity index (χ0v) is 12.7. The van der Waals surface area contributed by atoms with Crippen LogP contribution in [0.4, 0.5) is 0 Å². The lowest BCUT2D eigenvalue weighted by atomic mass is 9.96. The monoisotopic (exact) mass is 303 g/mol. The number of hydrogen-bond donors (Lipinski definition) is 2. The molecule has 0 bridgehead atoms. The van der Waals surface area contributed by atoms with Gasteiger partial charge in [0.2, 0.25) is 5.91 Å². The Morgan fingerprint density at radius 3 is 2.32 bits per heavy atom. The second-order valence-electron chi connectivity index (χ2n) is 5.64. The number of primary amides is 1. The van der Waals surface area contributed by atoms with Crippen molar-refractivity contribution in [2.24, 2.45) is 11.7 Å². The molecule has 1 aliphatic rings. The molecule has 0 aromatic heterocycles. The molecule has 3 amide bonds. The van der Waals surface area contributed by atoms with Gasteiger partial charge in [-0.15, -0.1) is 0 Å². The molecule has 1 fully saturated rings. The molecule has 0 saturated carbocycles. The van der Waals surface area contributed by atoms with Gasteiger partial charge in [0.1, 0.15) is 0 Å². The summed E-state index contributed by atoms with van der Waals surface area (Å²) in [6.45, 7) is 3.10. The smallest absolute Gasteiger partial charge is 0.311 e. The first-order chi connectivity index (χ1) is 10.5. The van der Waals surface area contributed by atoms with E-state index in [0.717, 1.165) is 11.1 Å². The van der Waals surface area contributed by atoms with Crippen LogP contribution >= 0.6 is 0 Å². The van der Waals surface area contributed by atoms with Gasteiger partial charge in [0.25, 0.3) is 0 Å². The van der Waals surface area contributed by atoms with Gasteiger partial charge in [0.05, 0.1) is 0 Å². The minimum atomic E-state index is -0.613. The topological polar surface area (TPSA) is 92.5 Å². The van der Waals surface area contributed by atoms with E-state index in [4.69, 9.17) is 5.73 Å². The highest BCUT2D eigenvalue weighted by Gasteiger charge is 2.28. The summed E-state index contributed by atoms with van der Waals surface area (Å²) in [5.74, 6) is -1.69. The quantitative estimate of drug-likeness (QED) is 0.788. The fourth-order valence-corrected chi connectivity index (χ4v) is 2.47.